The van der Waals surface area contributed by atoms with E-state index in [4.69, 9.17) is 16.3 Å². The molecule has 1 aliphatic heterocycles. The molecular formula is C21H30N10O5S. The van der Waals surface area contributed by atoms with Crippen molar-refractivity contribution in [3.63, 3.8) is 0 Å². The van der Waals surface area contributed by atoms with Crippen molar-refractivity contribution in [2.24, 2.45) is 10.9 Å². The number of aromatic nitrogens is 4. The Balaban J connectivity index is 1.44. The molecule has 4 rings (SSSR count). The molecule has 2 fully saturated rings. The van der Waals surface area contributed by atoms with Crippen molar-refractivity contribution < 1.29 is 24.3 Å². The lowest BCUT2D eigenvalue weighted by atomic mass is 9.95. The van der Waals surface area contributed by atoms with Gasteiger partial charge in [0.15, 0.2) is 10.8 Å². The number of aliphatic carboxylic acids is 1. The SMILES string of the molecule is CC(NCCCN)c1cnn(C[C@@H]2[C@H](NC(=O)/C(=N\OC3(C(=O)O)CC3)c3csc(N)n3)C(=O)N2C)n1. The van der Waals surface area contributed by atoms with Crippen molar-refractivity contribution in [3.05, 3.63) is 23.0 Å². The molecule has 2 amide bonds. The van der Waals surface area contributed by atoms with Crippen molar-refractivity contribution >= 4 is 40.0 Å². The van der Waals surface area contributed by atoms with Crippen molar-refractivity contribution in [2.45, 2.75) is 56.5 Å². The van der Waals surface area contributed by atoms with Crippen LogP contribution in [0.1, 0.15) is 43.6 Å². The summed E-state index contributed by atoms with van der Waals surface area (Å²) in [6.07, 6.45) is 3.04. The predicted molar refractivity (Wildman–Crippen MR) is 132 cm³/mol. The number of carbonyl (C=O) groups excluding carboxylic acids is 2. The van der Waals surface area contributed by atoms with Gasteiger partial charge in [0, 0.05) is 25.3 Å². The first-order chi connectivity index (χ1) is 17.6. The Morgan fingerprint density at radius 2 is 2.19 bits per heavy atom. The number of carboxylic acid groups (broad SMARTS) is 1. The Kier molecular flexibility index (Phi) is 7.70. The molecular weight excluding hydrogens is 504 g/mol. The van der Waals surface area contributed by atoms with Crippen LogP contribution in [0.15, 0.2) is 16.7 Å². The third-order valence-electron chi connectivity index (χ3n) is 6.35. The van der Waals surface area contributed by atoms with Gasteiger partial charge in [-0.1, -0.05) is 5.16 Å². The number of likely N-dealkylation sites (N-methyl/N-ethyl adjacent to an activating group) is 1. The van der Waals surface area contributed by atoms with Crippen molar-refractivity contribution in [1.82, 2.24) is 35.5 Å². The van der Waals surface area contributed by atoms with E-state index in [2.05, 4.69) is 31.0 Å². The van der Waals surface area contributed by atoms with Gasteiger partial charge in [0.1, 0.15) is 11.7 Å². The first kappa shape index (κ1) is 26.4. The molecule has 7 N–H and O–H groups in total. The summed E-state index contributed by atoms with van der Waals surface area (Å²) < 4.78 is 0. The van der Waals surface area contributed by atoms with E-state index in [0.29, 0.717) is 6.54 Å². The molecule has 1 saturated carbocycles. The second-order valence-electron chi connectivity index (χ2n) is 9.01. The molecule has 2 aliphatic rings. The topological polar surface area (TPSA) is 216 Å². The van der Waals surface area contributed by atoms with Crippen LogP contribution in [0.5, 0.6) is 0 Å². The fourth-order valence-electron chi connectivity index (χ4n) is 3.77. The number of nitrogens with one attached hydrogen (secondary N) is 2. The summed E-state index contributed by atoms with van der Waals surface area (Å²) in [4.78, 5) is 49.5. The number of thiazole rings is 1. The van der Waals surface area contributed by atoms with E-state index in [1.165, 1.54) is 15.1 Å². The number of hydrogen-bond donors (Lipinski definition) is 5. The highest BCUT2D eigenvalue weighted by Gasteiger charge is 2.55. The minimum atomic E-state index is -1.46. The second kappa shape index (κ2) is 10.8. The number of amides is 2. The average molecular weight is 535 g/mol. The van der Waals surface area contributed by atoms with Gasteiger partial charge in [0.25, 0.3) is 5.91 Å². The van der Waals surface area contributed by atoms with Crippen molar-refractivity contribution in [2.75, 3.05) is 25.9 Å². The van der Waals surface area contributed by atoms with Crippen LogP contribution in [0.25, 0.3) is 0 Å². The van der Waals surface area contributed by atoms with Gasteiger partial charge >= 0.3 is 5.97 Å². The van der Waals surface area contributed by atoms with Crippen LogP contribution in [0.3, 0.4) is 0 Å². The lowest BCUT2D eigenvalue weighted by Gasteiger charge is -2.44. The standard InChI is InChI=1S/C21H30N10O5S/c1-11(24-7-3-6-22)12-8-25-31(28-12)9-14-16(18(33)30(14)2)27-17(32)15(13-10-37-20(23)26-13)29-36-21(4-5-21)19(34)35/h8,10-11,14,16,24H,3-7,9,22H2,1-2H3,(H2,23,26)(H,27,32)(H,34,35)/b29-15-/t11?,14-,16+/m1/s1. The molecule has 2 aromatic heterocycles. The minimum absolute atomic E-state index is 0.0265. The van der Waals surface area contributed by atoms with Crippen LogP contribution in [-0.2, 0) is 25.8 Å². The summed E-state index contributed by atoms with van der Waals surface area (Å²) in [5.74, 6) is -2.21. The van der Waals surface area contributed by atoms with Gasteiger partial charge in [-0.2, -0.15) is 15.0 Å². The van der Waals surface area contributed by atoms with Crippen molar-refractivity contribution in [3.8, 4) is 0 Å². The van der Waals surface area contributed by atoms with Gasteiger partial charge in [0.2, 0.25) is 11.5 Å². The van der Waals surface area contributed by atoms with E-state index in [-0.39, 0.29) is 47.9 Å². The fraction of sp³-hybridized carbons (Fsp3) is 0.571. The van der Waals surface area contributed by atoms with E-state index in [1.807, 2.05) is 6.92 Å². The van der Waals surface area contributed by atoms with E-state index >= 15 is 0 Å². The number of β-lactam (4-membered cyclic amide) rings is 1. The van der Waals surface area contributed by atoms with Gasteiger partial charge in [0.05, 0.1) is 30.5 Å². The number of rotatable bonds is 13. The monoisotopic (exact) mass is 534 g/mol. The maximum atomic E-state index is 13.2. The van der Waals surface area contributed by atoms with Gasteiger partial charge in [-0.25, -0.2) is 9.78 Å². The maximum Gasteiger partial charge on any atom is 0.350 e. The Morgan fingerprint density at radius 3 is 2.81 bits per heavy atom. The highest BCUT2D eigenvalue weighted by Crippen LogP contribution is 2.40. The number of anilines is 1. The summed E-state index contributed by atoms with van der Waals surface area (Å²) in [6, 6.07) is -1.32. The smallest absolute Gasteiger partial charge is 0.350 e. The van der Waals surface area contributed by atoms with Gasteiger partial charge < -0.3 is 36.9 Å². The second-order valence-corrected chi connectivity index (χ2v) is 9.90. The molecule has 16 heteroatoms. The molecule has 1 saturated heterocycles. The minimum Gasteiger partial charge on any atom is -0.478 e. The largest absolute Gasteiger partial charge is 0.478 e. The average Bonchev–Trinajstić information content (AvgIpc) is 3.31. The fourth-order valence-corrected chi connectivity index (χ4v) is 4.31. The number of nitrogens with zero attached hydrogens (tertiary/aromatic N) is 6. The van der Waals surface area contributed by atoms with Crippen LogP contribution >= 0.6 is 11.3 Å². The van der Waals surface area contributed by atoms with Gasteiger partial charge in [-0.3, -0.25) is 9.59 Å². The van der Waals surface area contributed by atoms with E-state index in [0.717, 1.165) is 30.0 Å². The lowest BCUT2D eigenvalue weighted by Crippen LogP contribution is -2.71. The summed E-state index contributed by atoms with van der Waals surface area (Å²) >= 11 is 1.09. The molecule has 0 aromatic carbocycles. The van der Waals surface area contributed by atoms with Crippen LogP contribution < -0.4 is 22.1 Å². The Labute approximate surface area is 216 Å². The summed E-state index contributed by atoms with van der Waals surface area (Å²) in [6.45, 7) is 3.56. The Morgan fingerprint density at radius 1 is 1.43 bits per heavy atom. The highest BCUT2D eigenvalue weighted by atomic mass is 32.1. The number of likely N-dealkylation sites (tertiary alicyclic amines) is 1. The molecule has 0 bridgehead atoms. The first-order valence-corrected chi connectivity index (χ1v) is 12.6. The molecule has 0 spiro atoms. The van der Waals surface area contributed by atoms with Gasteiger partial charge in [-0.05, 0) is 26.4 Å². The zero-order valence-electron chi connectivity index (χ0n) is 20.5. The molecule has 3 atom stereocenters. The zero-order valence-corrected chi connectivity index (χ0v) is 21.3. The molecule has 0 radical (unpaired) electrons. The van der Waals surface area contributed by atoms with Crippen LogP contribution in [0.4, 0.5) is 5.13 Å². The molecule has 37 heavy (non-hydrogen) atoms. The molecule has 3 heterocycles. The van der Waals surface area contributed by atoms with E-state index in [9.17, 15) is 19.5 Å². The summed E-state index contributed by atoms with van der Waals surface area (Å²) in [5.41, 5.74) is 10.4. The number of oxime groups is 1. The van der Waals surface area contributed by atoms with Gasteiger partial charge in [-0.15, -0.1) is 11.3 Å². The molecule has 15 nitrogen and oxygen atoms in total. The van der Waals surface area contributed by atoms with E-state index in [1.54, 1.807) is 13.2 Å². The molecule has 200 valence electrons. The van der Waals surface area contributed by atoms with Crippen LogP contribution in [0.2, 0.25) is 0 Å². The number of carbonyl (C=O) groups is 3. The molecule has 1 unspecified atom stereocenters. The summed E-state index contributed by atoms with van der Waals surface area (Å²) in [5, 5.41) is 29.6. The predicted octanol–water partition coefficient (Wildman–Crippen LogP) is -1.32. The Bertz CT molecular complexity index is 1190. The maximum absolute atomic E-state index is 13.2. The number of nitrogens with two attached hydrogens (primary N) is 2. The molecule has 1 aliphatic carbocycles. The number of hydrogen-bond acceptors (Lipinski definition) is 12. The quantitative estimate of drug-likeness (QED) is 0.0878. The Hall–Kier alpha value is -3.63. The normalized spacial score (nSPS) is 21.3. The molecule has 2 aromatic rings. The first-order valence-electron chi connectivity index (χ1n) is 11.8. The van der Waals surface area contributed by atoms with Crippen LogP contribution in [-0.4, -0.2) is 91.3 Å². The van der Waals surface area contributed by atoms with E-state index < -0.39 is 29.6 Å². The lowest BCUT2D eigenvalue weighted by molar-refractivity contribution is -0.153. The third kappa shape index (κ3) is 5.70. The van der Waals surface area contributed by atoms with Crippen LogP contribution in [0, 0.1) is 0 Å². The van der Waals surface area contributed by atoms with Crippen molar-refractivity contribution in [1.29, 1.82) is 0 Å². The number of nitrogen functional groups attached to an aromatic ring is 1. The number of carboxylic acids is 1. The summed E-state index contributed by atoms with van der Waals surface area (Å²) in [7, 11) is 1.63. The zero-order chi connectivity index (χ0) is 26.7. The third-order valence-corrected chi connectivity index (χ3v) is 7.02. The highest BCUT2D eigenvalue weighted by molar-refractivity contribution is 7.13.